The quantitative estimate of drug-likeness (QED) is 0.503. The Bertz CT molecular complexity index is 1110. The third-order valence-electron chi connectivity index (χ3n) is 4.07. The highest BCUT2D eigenvalue weighted by molar-refractivity contribution is 5.89. The summed E-state index contributed by atoms with van der Waals surface area (Å²) in [5.74, 6) is -1.45. The summed E-state index contributed by atoms with van der Waals surface area (Å²) < 4.78 is 57.5. The molecular weight excluding hydrogens is 390 g/mol. The first kappa shape index (κ1) is 20.1. The number of rotatable bonds is 4. The number of imidazole rings is 1. The molecule has 0 fully saturated rings. The molecule has 0 bridgehead atoms. The van der Waals surface area contributed by atoms with Crippen LogP contribution in [0.25, 0.3) is 11.4 Å². The largest absolute Gasteiger partial charge is 0.456 e. The molecule has 29 heavy (non-hydrogen) atoms. The van der Waals surface area contributed by atoms with E-state index in [0.717, 1.165) is 18.2 Å². The summed E-state index contributed by atoms with van der Waals surface area (Å²) in [6.07, 6.45) is -4.51. The maximum Gasteiger partial charge on any atom is 0.416 e. The summed E-state index contributed by atoms with van der Waals surface area (Å²) in [5, 5.41) is 8.86. The number of carbonyl (C=O) groups excluding carboxylic acids is 1. The Labute approximate surface area is 162 Å². The molecule has 0 spiro atoms. The number of nitrogens with zero attached hydrogens (tertiary/aromatic N) is 2. The zero-order valence-electron chi connectivity index (χ0n) is 15.0. The fourth-order valence-corrected chi connectivity index (χ4v) is 2.61. The van der Waals surface area contributed by atoms with Gasteiger partial charge in [-0.05, 0) is 37.3 Å². The van der Waals surface area contributed by atoms with Gasteiger partial charge in [-0.2, -0.15) is 18.4 Å². The zero-order chi connectivity index (χ0) is 21.2. The molecule has 0 atom stereocenters. The summed E-state index contributed by atoms with van der Waals surface area (Å²) in [6.45, 7) is 1.09. The molecule has 0 saturated heterocycles. The van der Waals surface area contributed by atoms with Crippen LogP contribution in [0.15, 0.2) is 42.5 Å². The van der Waals surface area contributed by atoms with Gasteiger partial charge < -0.3 is 9.72 Å². The first-order chi connectivity index (χ1) is 13.7. The van der Waals surface area contributed by atoms with E-state index in [9.17, 15) is 22.4 Å². The fourth-order valence-electron chi connectivity index (χ4n) is 2.61. The Morgan fingerprint density at radius 2 is 2.00 bits per heavy atom. The predicted molar refractivity (Wildman–Crippen MR) is 94.0 cm³/mol. The average molecular weight is 403 g/mol. The number of carbonyl (C=O) groups is 1. The van der Waals surface area contributed by atoms with Crippen LogP contribution < -0.4 is 0 Å². The van der Waals surface area contributed by atoms with Crippen molar-refractivity contribution in [2.75, 3.05) is 0 Å². The molecule has 3 aromatic rings. The smallest absolute Gasteiger partial charge is 0.416 e. The number of halogens is 4. The molecule has 0 saturated carbocycles. The molecule has 0 aliphatic heterocycles. The standard InChI is InChI=1S/C20H13F4N3O2/c1-11-17(19(28)29-10-14-7-12(9-25)5-6-16(14)21)27-18(26-11)13-3-2-4-15(8-13)20(22,23)24/h2-8H,10H2,1H3,(H,26,27). The van der Waals surface area contributed by atoms with Gasteiger partial charge >= 0.3 is 12.1 Å². The molecule has 1 N–H and O–H groups in total. The van der Waals surface area contributed by atoms with E-state index in [1.165, 1.54) is 31.2 Å². The van der Waals surface area contributed by atoms with Gasteiger partial charge in [0.25, 0.3) is 0 Å². The number of aromatic nitrogens is 2. The Hall–Kier alpha value is -3.67. The van der Waals surface area contributed by atoms with Crippen LogP contribution in [0.1, 0.15) is 32.9 Å². The number of nitrogens with one attached hydrogen (secondary N) is 1. The van der Waals surface area contributed by atoms with Gasteiger partial charge in [0.1, 0.15) is 18.2 Å². The summed E-state index contributed by atoms with van der Waals surface area (Å²) in [7, 11) is 0. The number of ether oxygens (including phenoxy) is 1. The second-order valence-electron chi connectivity index (χ2n) is 6.13. The van der Waals surface area contributed by atoms with E-state index in [0.29, 0.717) is 0 Å². The molecule has 0 radical (unpaired) electrons. The monoisotopic (exact) mass is 403 g/mol. The molecule has 3 rings (SSSR count). The minimum Gasteiger partial charge on any atom is -0.456 e. The van der Waals surface area contributed by atoms with Crippen LogP contribution in [0.4, 0.5) is 17.6 Å². The van der Waals surface area contributed by atoms with Gasteiger partial charge in [-0.15, -0.1) is 0 Å². The molecule has 5 nitrogen and oxygen atoms in total. The van der Waals surface area contributed by atoms with Crippen molar-refractivity contribution in [3.05, 3.63) is 76.4 Å². The Morgan fingerprint density at radius 1 is 1.24 bits per heavy atom. The molecule has 0 aliphatic carbocycles. The molecule has 148 valence electrons. The maximum absolute atomic E-state index is 13.8. The lowest BCUT2D eigenvalue weighted by atomic mass is 10.1. The van der Waals surface area contributed by atoms with Crippen molar-refractivity contribution in [3.63, 3.8) is 0 Å². The van der Waals surface area contributed by atoms with Crippen LogP contribution in [0, 0.1) is 24.1 Å². The van der Waals surface area contributed by atoms with Crippen molar-refractivity contribution in [1.82, 2.24) is 9.97 Å². The van der Waals surface area contributed by atoms with Gasteiger partial charge in [-0.1, -0.05) is 12.1 Å². The lowest BCUT2D eigenvalue weighted by Crippen LogP contribution is -2.08. The minimum atomic E-state index is -4.51. The van der Waals surface area contributed by atoms with Crippen molar-refractivity contribution in [1.29, 1.82) is 5.26 Å². The first-order valence-corrected chi connectivity index (χ1v) is 8.29. The van der Waals surface area contributed by atoms with Crippen molar-refractivity contribution < 1.29 is 27.1 Å². The third kappa shape index (κ3) is 4.43. The van der Waals surface area contributed by atoms with Crippen molar-refractivity contribution in [2.45, 2.75) is 19.7 Å². The van der Waals surface area contributed by atoms with Crippen LogP contribution >= 0.6 is 0 Å². The van der Waals surface area contributed by atoms with Gasteiger partial charge in [0.05, 0.1) is 17.2 Å². The van der Waals surface area contributed by atoms with E-state index in [2.05, 4.69) is 9.97 Å². The zero-order valence-corrected chi connectivity index (χ0v) is 15.0. The SMILES string of the molecule is Cc1[nH]c(-c2cccc(C(F)(F)F)c2)nc1C(=O)OCc1cc(C#N)ccc1F. The van der Waals surface area contributed by atoms with E-state index in [-0.39, 0.29) is 33.9 Å². The highest BCUT2D eigenvalue weighted by Gasteiger charge is 2.30. The van der Waals surface area contributed by atoms with Crippen LogP contribution in [0.5, 0.6) is 0 Å². The van der Waals surface area contributed by atoms with Crippen LogP contribution in [0.3, 0.4) is 0 Å². The second-order valence-corrected chi connectivity index (χ2v) is 6.13. The van der Waals surface area contributed by atoms with E-state index in [1.807, 2.05) is 6.07 Å². The van der Waals surface area contributed by atoms with Gasteiger partial charge in [-0.3, -0.25) is 0 Å². The molecule has 1 heterocycles. The van der Waals surface area contributed by atoms with Gasteiger partial charge in [0, 0.05) is 16.8 Å². The van der Waals surface area contributed by atoms with E-state index in [4.69, 9.17) is 10.00 Å². The summed E-state index contributed by atoms with van der Waals surface area (Å²) >= 11 is 0. The Balaban J connectivity index is 1.80. The summed E-state index contributed by atoms with van der Waals surface area (Å²) in [6, 6.07) is 9.99. The topological polar surface area (TPSA) is 78.8 Å². The van der Waals surface area contributed by atoms with Gasteiger partial charge in [-0.25, -0.2) is 14.2 Å². The number of esters is 1. The average Bonchev–Trinajstić information content (AvgIpc) is 3.08. The predicted octanol–water partition coefficient (Wildman–Crippen LogP) is 4.77. The number of hydrogen-bond donors (Lipinski definition) is 1. The first-order valence-electron chi connectivity index (χ1n) is 8.29. The minimum absolute atomic E-state index is 0.0173. The van der Waals surface area contributed by atoms with Crippen LogP contribution in [-0.4, -0.2) is 15.9 Å². The number of aromatic amines is 1. The van der Waals surface area contributed by atoms with Crippen molar-refractivity contribution in [2.24, 2.45) is 0 Å². The molecule has 0 aliphatic rings. The Kier molecular flexibility index (Phi) is 5.37. The second kappa shape index (κ2) is 7.75. The highest BCUT2D eigenvalue weighted by Crippen LogP contribution is 2.31. The number of alkyl halides is 3. The molecule has 2 aromatic carbocycles. The highest BCUT2D eigenvalue weighted by atomic mass is 19.4. The van der Waals surface area contributed by atoms with Crippen LogP contribution in [-0.2, 0) is 17.5 Å². The molecule has 9 heteroatoms. The van der Waals surface area contributed by atoms with Crippen molar-refractivity contribution in [3.8, 4) is 17.5 Å². The molecule has 0 amide bonds. The normalized spacial score (nSPS) is 11.2. The maximum atomic E-state index is 13.8. The Morgan fingerprint density at radius 3 is 2.69 bits per heavy atom. The summed E-state index contributed by atoms with van der Waals surface area (Å²) in [4.78, 5) is 19.1. The number of H-pyrrole nitrogens is 1. The van der Waals surface area contributed by atoms with Crippen molar-refractivity contribution >= 4 is 5.97 Å². The number of nitriles is 1. The van der Waals surface area contributed by atoms with E-state index >= 15 is 0 Å². The van der Waals surface area contributed by atoms with E-state index < -0.39 is 30.1 Å². The van der Waals surface area contributed by atoms with Gasteiger partial charge in [0.15, 0.2) is 5.69 Å². The lowest BCUT2D eigenvalue weighted by Gasteiger charge is -2.07. The summed E-state index contributed by atoms with van der Waals surface area (Å²) in [5.41, 5.74) is -0.317. The molecule has 1 aromatic heterocycles. The fraction of sp³-hybridized carbons (Fsp3) is 0.150. The molecule has 0 unspecified atom stereocenters. The van der Waals surface area contributed by atoms with Crippen LogP contribution in [0.2, 0.25) is 0 Å². The van der Waals surface area contributed by atoms with Gasteiger partial charge in [0.2, 0.25) is 0 Å². The molecular formula is C20H13F4N3O2. The number of aryl methyl sites for hydroxylation is 1. The lowest BCUT2D eigenvalue weighted by molar-refractivity contribution is -0.137. The third-order valence-corrected chi connectivity index (χ3v) is 4.07. The number of benzene rings is 2. The van der Waals surface area contributed by atoms with E-state index in [1.54, 1.807) is 0 Å². The number of hydrogen-bond acceptors (Lipinski definition) is 4.